The number of nitrogens with one attached hydrogen (secondary N) is 3. The molecule has 39 heavy (non-hydrogen) atoms. The van der Waals surface area contributed by atoms with Gasteiger partial charge in [-0.05, 0) is 53.2 Å². The number of amides is 1. The first kappa shape index (κ1) is 32.5. The van der Waals surface area contributed by atoms with Gasteiger partial charge in [0.25, 0.3) is 0 Å². The molecule has 15 nitrogen and oxygen atoms in total. The van der Waals surface area contributed by atoms with Gasteiger partial charge in [0.1, 0.15) is 36.1 Å². The first-order chi connectivity index (χ1) is 18.4. The van der Waals surface area contributed by atoms with E-state index in [4.69, 9.17) is 36.1 Å². The Morgan fingerprint density at radius 3 is 2.44 bits per heavy atom. The molecular formula is C24H48N6O9. The number of hydrogen-bond donors (Lipinski definition) is 10. The number of hydrogen-bond acceptors (Lipinski definition) is 14. The molecule has 228 valence electrons. The average molecular weight is 565 g/mol. The van der Waals surface area contributed by atoms with Gasteiger partial charge in [-0.15, -0.1) is 0 Å². The van der Waals surface area contributed by atoms with Gasteiger partial charge in [0.05, 0.1) is 30.8 Å². The van der Waals surface area contributed by atoms with Crippen LogP contribution in [0.25, 0.3) is 0 Å². The van der Waals surface area contributed by atoms with E-state index in [0.717, 1.165) is 6.42 Å². The molecule has 1 amide bonds. The standard InChI is InChI=1S/C24H48N6O9/c1-24(35)10-36-23(17(33)20(24)29-3)39-19-14(30-21(34)15(31)6-7-25)8-13(27)18(16(19)32)38-22-12(26)5-4-11(37-22)9-28-2/h11-20,22-23,28-29,31-33,35H,4-10,25-27H2,1-3H3,(H,30,34). The van der Waals surface area contributed by atoms with Gasteiger partial charge in [-0.3, -0.25) is 4.79 Å². The lowest BCUT2D eigenvalue weighted by atomic mass is 9.83. The third kappa shape index (κ3) is 7.82. The highest BCUT2D eigenvalue weighted by atomic mass is 16.7. The Morgan fingerprint density at radius 1 is 1.10 bits per heavy atom. The lowest BCUT2D eigenvalue weighted by molar-refractivity contribution is -0.307. The van der Waals surface area contributed by atoms with E-state index in [1.54, 1.807) is 7.05 Å². The van der Waals surface area contributed by atoms with Crippen LogP contribution in [0.3, 0.4) is 0 Å². The summed E-state index contributed by atoms with van der Waals surface area (Å²) in [7, 11) is 3.40. The summed E-state index contributed by atoms with van der Waals surface area (Å²) < 4.78 is 23.9. The molecule has 0 radical (unpaired) electrons. The molecule has 2 aliphatic heterocycles. The lowest BCUT2D eigenvalue weighted by Crippen LogP contribution is -2.69. The van der Waals surface area contributed by atoms with E-state index >= 15 is 0 Å². The van der Waals surface area contributed by atoms with Crippen molar-refractivity contribution in [1.82, 2.24) is 16.0 Å². The van der Waals surface area contributed by atoms with Crippen LogP contribution >= 0.6 is 0 Å². The van der Waals surface area contributed by atoms with Crippen molar-refractivity contribution in [1.29, 1.82) is 0 Å². The number of likely N-dealkylation sites (N-methyl/N-ethyl adjacent to an activating group) is 2. The summed E-state index contributed by atoms with van der Waals surface area (Å²) in [6, 6.07) is -2.88. The molecule has 13 N–H and O–H groups in total. The van der Waals surface area contributed by atoms with E-state index in [1.165, 1.54) is 6.92 Å². The highest BCUT2D eigenvalue weighted by Crippen LogP contribution is 2.32. The number of ether oxygens (including phenoxy) is 4. The highest BCUT2D eigenvalue weighted by Gasteiger charge is 2.52. The fourth-order valence-electron chi connectivity index (χ4n) is 5.56. The molecule has 0 spiro atoms. The van der Waals surface area contributed by atoms with Crippen molar-refractivity contribution in [2.24, 2.45) is 17.2 Å². The smallest absolute Gasteiger partial charge is 0.249 e. The summed E-state index contributed by atoms with van der Waals surface area (Å²) >= 11 is 0. The second-order valence-corrected chi connectivity index (χ2v) is 11.0. The first-order valence-corrected chi connectivity index (χ1v) is 13.6. The third-order valence-corrected chi connectivity index (χ3v) is 7.74. The molecule has 0 aromatic carbocycles. The van der Waals surface area contributed by atoms with Crippen LogP contribution in [0.4, 0.5) is 0 Å². The van der Waals surface area contributed by atoms with E-state index in [2.05, 4.69) is 16.0 Å². The Morgan fingerprint density at radius 2 is 1.79 bits per heavy atom. The van der Waals surface area contributed by atoms with Crippen LogP contribution in [-0.4, -0.2) is 139 Å². The second-order valence-electron chi connectivity index (χ2n) is 11.0. The van der Waals surface area contributed by atoms with E-state index in [1.807, 2.05) is 7.05 Å². The summed E-state index contributed by atoms with van der Waals surface area (Å²) in [6.45, 7) is 2.06. The first-order valence-electron chi connectivity index (χ1n) is 13.6. The Balaban J connectivity index is 1.81. The molecule has 13 atom stereocenters. The summed E-state index contributed by atoms with van der Waals surface area (Å²) in [6.07, 6.45) is -6.94. The van der Waals surface area contributed by atoms with Crippen molar-refractivity contribution in [3.63, 3.8) is 0 Å². The largest absolute Gasteiger partial charge is 0.388 e. The van der Waals surface area contributed by atoms with Crippen LogP contribution in [-0.2, 0) is 23.7 Å². The second kappa shape index (κ2) is 14.2. The molecule has 1 aliphatic carbocycles. The van der Waals surface area contributed by atoms with E-state index in [-0.39, 0.29) is 32.1 Å². The average Bonchev–Trinajstić information content (AvgIpc) is 2.87. The van der Waals surface area contributed by atoms with Crippen molar-refractivity contribution in [2.75, 3.05) is 33.8 Å². The molecule has 2 heterocycles. The van der Waals surface area contributed by atoms with Gasteiger partial charge in [0, 0.05) is 12.6 Å². The van der Waals surface area contributed by atoms with Gasteiger partial charge in [0.2, 0.25) is 5.91 Å². The molecule has 3 rings (SSSR count). The predicted molar refractivity (Wildman–Crippen MR) is 139 cm³/mol. The molecule has 3 aliphatic rings. The van der Waals surface area contributed by atoms with Gasteiger partial charge >= 0.3 is 0 Å². The number of aliphatic hydroxyl groups is 4. The molecule has 0 aromatic heterocycles. The topological polar surface area (TPSA) is 249 Å². The number of carbonyl (C=O) groups is 1. The Bertz CT molecular complexity index is 782. The zero-order valence-electron chi connectivity index (χ0n) is 22.9. The number of rotatable bonds is 11. The van der Waals surface area contributed by atoms with Gasteiger partial charge in [-0.2, -0.15) is 0 Å². The lowest BCUT2D eigenvalue weighted by Gasteiger charge is -2.49. The fourth-order valence-corrected chi connectivity index (χ4v) is 5.56. The fraction of sp³-hybridized carbons (Fsp3) is 0.958. The van der Waals surface area contributed by atoms with Crippen LogP contribution in [0, 0.1) is 0 Å². The Labute approximate surface area is 229 Å². The van der Waals surface area contributed by atoms with Crippen molar-refractivity contribution >= 4 is 5.91 Å². The number of nitrogens with two attached hydrogens (primary N) is 3. The minimum atomic E-state index is -1.41. The molecule has 13 unspecified atom stereocenters. The molecule has 15 heteroatoms. The highest BCUT2D eigenvalue weighted by molar-refractivity contribution is 5.80. The summed E-state index contributed by atoms with van der Waals surface area (Å²) in [5.41, 5.74) is 16.8. The Hall–Kier alpha value is -1.05. The number of aliphatic hydroxyl groups excluding tert-OH is 3. The Kier molecular flexibility index (Phi) is 11.8. The summed E-state index contributed by atoms with van der Waals surface area (Å²) in [5.74, 6) is -0.702. The van der Waals surface area contributed by atoms with Crippen LogP contribution in [0.5, 0.6) is 0 Å². The third-order valence-electron chi connectivity index (χ3n) is 7.74. The van der Waals surface area contributed by atoms with Gasteiger partial charge in [0.15, 0.2) is 12.6 Å². The maximum Gasteiger partial charge on any atom is 0.249 e. The number of carbonyl (C=O) groups excluding carboxylic acids is 1. The summed E-state index contributed by atoms with van der Waals surface area (Å²) in [5, 5.41) is 51.7. The van der Waals surface area contributed by atoms with Crippen LogP contribution in [0.15, 0.2) is 0 Å². The monoisotopic (exact) mass is 564 g/mol. The molecule has 1 saturated carbocycles. The van der Waals surface area contributed by atoms with Crippen LogP contribution < -0.4 is 33.2 Å². The van der Waals surface area contributed by atoms with Gasteiger partial charge in [-0.1, -0.05) is 0 Å². The minimum absolute atomic E-state index is 0.0402. The summed E-state index contributed by atoms with van der Waals surface area (Å²) in [4.78, 5) is 12.6. The van der Waals surface area contributed by atoms with Crippen molar-refractivity contribution < 1.29 is 44.2 Å². The maximum atomic E-state index is 12.6. The van der Waals surface area contributed by atoms with Gasteiger partial charge in [-0.25, -0.2) is 0 Å². The van der Waals surface area contributed by atoms with E-state index < -0.39 is 78.8 Å². The molecule has 0 aromatic rings. The van der Waals surface area contributed by atoms with Crippen molar-refractivity contribution in [2.45, 2.75) is 112 Å². The molecule has 3 fully saturated rings. The van der Waals surface area contributed by atoms with Crippen LogP contribution in [0.2, 0.25) is 0 Å². The normalized spacial score (nSPS) is 44.1. The zero-order chi connectivity index (χ0) is 28.9. The van der Waals surface area contributed by atoms with Gasteiger partial charge < -0.3 is 72.5 Å². The predicted octanol–water partition coefficient (Wildman–Crippen LogP) is -4.85. The van der Waals surface area contributed by atoms with E-state index in [9.17, 15) is 25.2 Å². The maximum absolute atomic E-state index is 12.6. The molecule has 2 saturated heterocycles. The molecule has 0 bridgehead atoms. The quantitative estimate of drug-likeness (QED) is 0.113. The van der Waals surface area contributed by atoms with Crippen LogP contribution in [0.1, 0.15) is 32.6 Å². The van der Waals surface area contributed by atoms with Crippen molar-refractivity contribution in [3.8, 4) is 0 Å². The van der Waals surface area contributed by atoms with Crippen molar-refractivity contribution in [3.05, 3.63) is 0 Å². The minimum Gasteiger partial charge on any atom is -0.388 e. The SMILES string of the molecule is CNCC1CCC(N)C(OC2C(N)CC(NC(=O)C(O)CCN)C(OC3OCC(C)(O)C(NC)C3O)C2O)O1. The van der Waals surface area contributed by atoms with E-state index in [0.29, 0.717) is 13.0 Å². The molecular weight excluding hydrogens is 516 g/mol. The zero-order valence-corrected chi connectivity index (χ0v) is 22.9.